The molecule has 0 saturated carbocycles. The van der Waals surface area contributed by atoms with E-state index in [1.807, 2.05) is 12.1 Å². The van der Waals surface area contributed by atoms with Gasteiger partial charge >= 0.3 is 0 Å². The lowest BCUT2D eigenvalue weighted by Gasteiger charge is -2.38. The Morgan fingerprint density at radius 3 is 1.65 bits per heavy atom. The molecule has 0 fully saturated rings. The maximum atomic E-state index is 5.99. The van der Waals surface area contributed by atoms with Crippen molar-refractivity contribution in [2.24, 2.45) is 0 Å². The van der Waals surface area contributed by atoms with Crippen LogP contribution in [0, 0.1) is 17.5 Å². The molecule has 0 atom stereocenters. The summed E-state index contributed by atoms with van der Waals surface area (Å²) in [6.45, 7) is 13.8. The van der Waals surface area contributed by atoms with E-state index in [0.717, 1.165) is 5.56 Å². The van der Waals surface area contributed by atoms with Crippen LogP contribution in [0.25, 0.3) is 0 Å². The predicted molar refractivity (Wildman–Crippen MR) is 93.2 cm³/mol. The lowest BCUT2D eigenvalue weighted by Crippen LogP contribution is -2.43. The highest BCUT2D eigenvalue weighted by Crippen LogP contribution is 2.40. The summed E-state index contributed by atoms with van der Waals surface area (Å²) >= 11 is 12.0. The highest BCUT2D eigenvalue weighted by Gasteiger charge is 2.41. The molecular formula is C17H23Cl2Si. The second-order valence-corrected chi connectivity index (χ2v) is 12.6. The SMILES string of the molecule is CC(C)[Si](C#Cc1cc(Cl)[c]c(Cl)c1)(C(C)C)C(C)C. The molecule has 0 unspecified atom stereocenters. The summed E-state index contributed by atoms with van der Waals surface area (Å²) in [5.74, 6) is 3.33. The summed E-state index contributed by atoms with van der Waals surface area (Å²) < 4.78 is 0. The zero-order valence-corrected chi connectivity index (χ0v) is 15.7. The summed E-state index contributed by atoms with van der Waals surface area (Å²) in [7, 11) is -1.70. The van der Waals surface area contributed by atoms with Crippen molar-refractivity contribution in [2.75, 3.05) is 0 Å². The minimum absolute atomic E-state index is 0.521. The molecule has 0 bridgehead atoms. The van der Waals surface area contributed by atoms with Gasteiger partial charge in [-0.2, -0.15) is 0 Å². The van der Waals surface area contributed by atoms with Gasteiger partial charge in [-0.25, -0.2) is 0 Å². The first-order valence-corrected chi connectivity index (χ1v) is 10.1. The Labute approximate surface area is 134 Å². The third-order valence-corrected chi connectivity index (χ3v) is 10.8. The lowest BCUT2D eigenvalue weighted by molar-refractivity contribution is 0.838. The summed E-state index contributed by atoms with van der Waals surface area (Å²) in [4.78, 5) is 0. The molecule has 0 N–H and O–H groups in total. The van der Waals surface area contributed by atoms with Crippen LogP contribution >= 0.6 is 23.2 Å². The fourth-order valence-corrected chi connectivity index (χ4v) is 8.90. The van der Waals surface area contributed by atoms with E-state index >= 15 is 0 Å². The normalized spacial score (nSPS) is 11.9. The molecule has 0 aromatic heterocycles. The smallest absolute Gasteiger partial charge is 0.125 e. The van der Waals surface area contributed by atoms with Crippen LogP contribution in [0.5, 0.6) is 0 Å². The largest absolute Gasteiger partial charge is 0.146 e. The standard InChI is InChI=1S/C17H23Cl2Si/c1-12(2)20(13(3)4,14(5)6)8-7-15-9-16(18)11-17(19)10-15/h9-10,12-14H,1-6H3. The average Bonchev–Trinajstić information content (AvgIpc) is 2.26. The van der Waals surface area contributed by atoms with Gasteiger partial charge < -0.3 is 0 Å². The summed E-state index contributed by atoms with van der Waals surface area (Å²) in [5.41, 5.74) is 6.41. The Morgan fingerprint density at radius 1 is 0.900 bits per heavy atom. The van der Waals surface area contributed by atoms with Crippen molar-refractivity contribution in [1.82, 2.24) is 0 Å². The first-order valence-electron chi connectivity index (χ1n) is 7.11. The minimum Gasteiger partial charge on any atom is -0.125 e. The van der Waals surface area contributed by atoms with Crippen LogP contribution in [-0.2, 0) is 0 Å². The Bertz CT molecular complexity index is 480. The van der Waals surface area contributed by atoms with Gasteiger partial charge in [-0.3, -0.25) is 0 Å². The molecule has 0 heterocycles. The molecule has 0 spiro atoms. The predicted octanol–water partition coefficient (Wildman–Crippen LogP) is 6.36. The van der Waals surface area contributed by atoms with E-state index in [0.29, 0.717) is 26.7 Å². The molecule has 0 saturated heterocycles. The molecular weight excluding hydrogens is 303 g/mol. The van der Waals surface area contributed by atoms with E-state index in [1.54, 1.807) is 0 Å². The topological polar surface area (TPSA) is 0 Å². The van der Waals surface area contributed by atoms with Gasteiger partial charge in [-0.1, -0.05) is 70.7 Å². The van der Waals surface area contributed by atoms with Crippen LogP contribution in [0.1, 0.15) is 47.1 Å². The summed E-state index contributed by atoms with van der Waals surface area (Å²) in [6.07, 6.45) is 0. The maximum Gasteiger partial charge on any atom is 0.146 e. The Kier molecular flexibility index (Phi) is 6.19. The van der Waals surface area contributed by atoms with Crippen LogP contribution in [-0.4, -0.2) is 8.07 Å². The van der Waals surface area contributed by atoms with E-state index in [-0.39, 0.29) is 0 Å². The number of halogens is 2. The molecule has 0 aliphatic heterocycles. The fraction of sp³-hybridized carbons (Fsp3) is 0.529. The number of benzene rings is 1. The van der Waals surface area contributed by atoms with E-state index in [2.05, 4.69) is 59.1 Å². The van der Waals surface area contributed by atoms with Crippen molar-refractivity contribution < 1.29 is 0 Å². The van der Waals surface area contributed by atoms with Crippen molar-refractivity contribution in [1.29, 1.82) is 0 Å². The van der Waals surface area contributed by atoms with Crippen LogP contribution in [0.4, 0.5) is 0 Å². The van der Waals surface area contributed by atoms with Crippen molar-refractivity contribution in [3.05, 3.63) is 33.8 Å². The van der Waals surface area contributed by atoms with E-state index in [4.69, 9.17) is 23.2 Å². The molecule has 3 heteroatoms. The molecule has 0 amide bonds. The summed E-state index contributed by atoms with van der Waals surface area (Å²) in [5, 5.41) is 1.04. The van der Waals surface area contributed by atoms with Gasteiger partial charge in [0.2, 0.25) is 0 Å². The van der Waals surface area contributed by atoms with Gasteiger partial charge in [0.25, 0.3) is 0 Å². The zero-order chi connectivity index (χ0) is 15.5. The highest BCUT2D eigenvalue weighted by atomic mass is 35.5. The summed E-state index contributed by atoms with van der Waals surface area (Å²) in [6, 6.07) is 6.52. The van der Waals surface area contributed by atoms with Crippen LogP contribution in [0.3, 0.4) is 0 Å². The Hall–Kier alpha value is -0.423. The van der Waals surface area contributed by atoms with Gasteiger partial charge in [0.15, 0.2) is 0 Å². The average molecular weight is 326 g/mol. The van der Waals surface area contributed by atoms with Crippen molar-refractivity contribution in [2.45, 2.75) is 58.2 Å². The minimum atomic E-state index is -1.70. The van der Waals surface area contributed by atoms with Gasteiger partial charge in [-0.15, -0.1) is 5.54 Å². The third kappa shape index (κ3) is 3.82. The molecule has 109 valence electrons. The van der Waals surface area contributed by atoms with E-state index in [9.17, 15) is 0 Å². The molecule has 1 aromatic carbocycles. The first-order chi connectivity index (χ1) is 9.20. The molecule has 1 aromatic rings. The van der Waals surface area contributed by atoms with Gasteiger partial charge in [-0.05, 0) is 28.8 Å². The second-order valence-electron chi connectivity index (χ2n) is 6.21. The first kappa shape index (κ1) is 17.6. The Balaban J connectivity index is 3.30. The molecule has 0 aliphatic rings. The van der Waals surface area contributed by atoms with Crippen LogP contribution in [0.2, 0.25) is 26.7 Å². The molecule has 20 heavy (non-hydrogen) atoms. The second kappa shape index (κ2) is 7.03. The van der Waals surface area contributed by atoms with E-state index < -0.39 is 8.07 Å². The number of hydrogen-bond acceptors (Lipinski definition) is 0. The van der Waals surface area contributed by atoms with Crippen molar-refractivity contribution >= 4 is 31.3 Å². The molecule has 1 rings (SSSR count). The Morgan fingerprint density at radius 2 is 1.30 bits per heavy atom. The van der Waals surface area contributed by atoms with Gasteiger partial charge in [0.1, 0.15) is 8.07 Å². The van der Waals surface area contributed by atoms with Gasteiger partial charge in [0, 0.05) is 11.6 Å². The van der Waals surface area contributed by atoms with Crippen molar-refractivity contribution in [3.63, 3.8) is 0 Å². The third-order valence-electron chi connectivity index (χ3n) is 4.09. The molecule has 0 aliphatic carbocycles. The maximum absolute atomic E-state index is 5.99. The van der Waals surface area contributed by atoms with Gasteiger partial charge in [0.05, 0.1) is 10.0 Å². The zero-order valence-electron chi connectivity index (χ0n) is 13.1. The highest BCUT2D eigenvalue weighted by molar-refractivity contribution is 6.90. The lowest BCUT2D eigenvalue weighted by atomic mass is 10.2. The van der Waals surface area contributed by atoms with Crippen molar-refractivity contribution in [3.8, 4) is 11.5 Å². The van der Waals surface area contributed by atoms with Crippen LogP contribution in [0.15, 0.2) is 12.1 Å². The monoisotopic (exact) mass is 325 g/mol. The molecule has 1 radical (unpaired) electrons. The van der Waals surface area contributed by atoms with Crippen LogP contribution < -0.4 is 0 Å². The number of rotatable bonds is 3. The van der Waals surface area contributed by atoms with E-state index in [1.165, 1.54) is 0 Å². The molecule has 0 nitrogen and oxygen atoms in total. The fourth-order valence-electron chi connectivity index (χ4n) is 3.19. The number of hydrogen-bond donors (Lipinski definition) is 0. The quantitative estimate of drug-likeness (QED) is 0.447.